The molecule has 0 aliphatic heterocycles. The Morgan fingerprint density at radius 1 is 1.41 bits per heavy atom. The second-order valence-corrected chi connectivity index (χ2v) is 6.23. The molecule has 0 radical (unpaired) electrons. The lowest BCUT2D eigenvalue weighted by Crippen LogP contribution is -2.17. The minimum absolute atomic E-state index is 0.109. The van der Waals surface area contributed by atoms with Crippen molar-refractivity contribution in [1.29, 1.82) is 0 Å². The normalized spacial score (nSPS) is 10.5. The second-order valence-electron chi connectivity index (χ2n) is 4.35. The largest absolute Gasteiger partial charge is 0.301 e. The van der Waals surface area contributed by atoms with Crippen LogP contribution in [0.4, 0.5) is 5.95 Å². The molecule has 0 aromatic carbocycles. The van der Waals surface area contributed by atoms with E-state index in [0.29, 0.717) is 5.16 Å². The summed E-state index contributed by atoms with van der Waals surface area (Å²) >= 11 is 4.38. The van der Waals surface area contributed by atoms with Crippen molar-refractivity contribution in [2.75, 3.05) is 11.1 Å². The summed E-state index contributed by atoms with van der Waals surface area (Å²) in [6.45, 7) is 2.02. The van der Waals surface area contributed by atoms with Gasteiger partial charge in [-0.1, -0.05) is 25.1 Å². The third-order valence-corrected chi connectivity index (χ3v) is 3.77. The first-order valence-corrected chi connectivity index (χ1v) is 8.35. The van der Waals surface area contributed by atoms with E-state index in [0.717, 1.165) is 34.8 Å². The maximum atomic E-state index is 11.8. The zero-order valence-electron chi connectivity index (χ0n) is 11.8. The number of carbonyl (C=O) groups excluding carboxylic acids is 1. The van der Waals surface area contributed by atoms with Crippen molar-refractivity contribution in [1.82, 2.24) is 19.9 Å². The van der Waals surface area contributed by atoms with Crippen LogP contribution in [-0.4, -0.2) is 31.6 Å². The van der Waals surface area contributed by atoms with E-state index in [-0.39, 0.29) is 23.2 Å². The lowest BCUT2D eigenvalue weighted by atomic mass is 10.2. The van der Waals surface area contributed by atoms with Crippen molar-refractivity contribution in [3.63, 3.8) is 0 Å². The van der Waals surface area contributed by atoms with Crippen LogP contribution in [0.25, 0.3) is 0 Å². The van der Waals surface area contributed by atoms with Crippen molar-refractivity contribution in [2.45, 2.75) is 24.9 Å². The summed E-state index contributed by atoms with van der Waals surface area (Å²) < 4.78 is 0.731. The molecule has 2 aromatic heterocycles. The van der Waals surface area contributed by atoms with Crippen LogP contribution in [0.1, 0.15) is 19.0 Å². The molecular weight excluding hydrogens is 370 g/mol. The van der Waals surface area contributed by atoms with Crippen LogP contribution in [-0.2, 0) is 11.2 Å². The summed E-state index contributed by atoms with van der Waals surface area (Å²) in [4.78, 5) is 38.2. The van der Waals surface area contributed by atoms with Crippen molar-refractivity contribution in [3.05, 3.63) is 39.0 Å². The molecule has 2 heterocycles. The van der Waals surface area contributed by atoms with Gasteiger partial charge >= 0.3 is 0 Å². The van der Waals surface area contributed by atoms with E-state index in [1.807, 2.05) is 6.92 Å². The number of carbonyl (C=O) groups is 1. The molecule has 116 valence electrons. The molecule has 9 heteroatoms. The van der Waals surface area contributed by atoms with Crippen LogP contribution in [0.5, 0.6) is 0 Å². The molecule has 0 saturated carbocycles. The highest BCUT2D eigenvalue weighted by Crippen LogP contribution is 2.13. The Morgan fingerprint density at radius 2 is 2.14 bits per heavy atom. The summed E-state index contributed by atoms with van der Waals surface area (Å²) in [6, 6.07) is 1.48. The molecule has 0 atom stereocenters. The molecule has 0 aliphatic rings. The molecule has 2 aromatic rings. The number of halogens is 1. The quantitative estimate of drug-likeness (QED) is 0.584. The lowest BCUT2D eigenvalue weighted by Gasteiger charge is -2.04. The number of nitrogens with zero attached hydrogens (tertiary/aromatic N) is 3. The fourth-order valence-corrected chi connectivity index (χ4v) is 2.51. The van der Waals surface area contributed by atoms with Crippen LogP contribution in [0.3, 0.4) is 0 Å². The van der Waals surface area contributed by atoms with Gasteiger partial charge in [-0.25, -0.2) is 15.0 Å². The van der Waals surface area contributed by atoms with Gasteiger partial charge in [0.2, 0.25) is 11.9 Å². The first-order chi connectivity index (χ1) is 10.6. The van der Waals surface area contributed by atoms with E-state index < -0.39 is 0 Å². The standard InChI is InChI=1S/C13H14BrN5O2S/c1-2-3-9-4-10(20)19-13(17-9)22-7-11(21)18-12-15-5-8(14)6-16-12/h4-6H,2-3,7H2,1H3,(H,17,19,20)(H,15,16,18,21). The van der Waals surface area contributed by atoms with E-state index in [2.05, 4.69) is 41.2 Å². The van der Waals surface area contributed by atoms with Gasteiger partial charge in [0.05, 0.1) is 10.2 Å². The summed E-state index contributed by atoms with van der Waals surface area (Å²) in [6.07, 6.45) is 4.73. The van der Waals surface area contributed by atoms with Gasteiger partial charge < -0.3 is 4.98 Å². The second kappa shape index (κ2) is 8.04. The molecule has 2 N–H and O–H groups in total. The molecule has 1 amide bonds. The van der Waals surface area contributed by atoms with Gasteiger partial charge in [0.25, 0.3) is 5.56 Å². The molecule has 0 saturated heterocycles. The Bertz CT molecular complexity index is 704. The van der Waals surface area contributed by atoms with Gasteiger partial charge in [0, 0.05) is 24.2 Å². The zero-order chi connectivity index (χ0) is 15.9. The summed E-state index contributed by atoms with van der Waals surface area (Å²) in [5.74, 6) is 0.0728. The maximum absolute atomic E-state index is 11.8. The van der Waals surface area contributed by atoms with Crippen LogP contribution < -0.4 is 10.9 Å². The third kappa shape index (κ3) is 5.23. The molecule has 7 nitrogen and oxygen atoms in total. The van der Waals surface area contributed by atoms with E-state index in [1.54, 1.807) is 12.4 Å². The molecular formula is C13H14BrN5O2S. The lowest BCUT2D eigenvalue weighted by molar-refractivity contribution is -0.113. The van der Waals surface area contributed by atoms with Crippen LogP contribution >= 0.6 is 27.7 Å². The van der Waals surface area contributed by atoms with Crippen LogP contribution in [0.2, 0.25) is 0 Å². The number of amides is 1. The predicted molar refractivity (Wildman–Crippen MR) is 87.9 cm³/mol. The average molecular weight is 384 g/mol. The fraction of sp³-hybridized carbons (Fsp3) is 0.308. The van der Waals surface area contributed by atoms with Gasteiger partial charge in [-0.05, 0) is 22.4 Å². The number of hydrogen-bond donors (Lipinski definition) is 2. The Labute approximate surface area is 139 Å². The molecule has 0 aliphatic carbocycles. The van der Waals surface area contributed by atoms with E-state index in [1.165, 1.54) is 6.07 Å². The van der Waals surface area contributed by atoms with Gasteiger partial charge in [-0.3, -0.25) is 14.9 Å². The smallest absolute Gasteiger partial charge is 0.251 e. The topological polar surface area (TPSA) is 101 Å². The SMILES string of the molecule is CCCc1cc(=O)[nH]c(SCC(=O)Nc2ncc(Br)cn2)n1. The van der Waals surface area contributed by atoms with E-state index in [4.69, 9.17) is 0 Å². The van der Waals surface area contributed by atoms with Crippen molar-refractivity contribution in [3.8, 4) is 0 Å². The maximum Gasteiger partial charge on any atom is 0.251 e. The molecule has 22 heavy (non-hydrogen) atoms. The molecule has 0 bridgehead atoms. The molecule has 2 rings (SSSR count). The number of thioether (sulfide) groups is 1. The van der Waals surface area contributed by atoms with E-state index >= 15 is 0 Å². The van der Waals surface area contributed by atoms with Crippen LogP contribution in [0.15, 0.2) is 32.9 Å². The number of anilines is 1. The molecule has 0 spiro atoms. The van der Waals surface area contributed by atoms with Crippen molar-refractivity contribution < 1.29 is 4.79 Å². The first-order valence-electron chi connectivity index (χ1n) is 6.57. The first kappa shape index (κ1) is 16.6. The monoisotopic (exact) mass is 383 g/mol. The van der Waals surface area contributed by atoms with Gasteiger partial charge in [0.1, 0.15) is 0 Å². The number of aromatic nitrogens is 4. The Kier molecular flexibility index (Phi) is 6.08. The minimum Gasteiger partial charge on any atom is -0.301 e. The van der Waals surface area contributed by atoms with Gasteiger partial charge in [0.15, 0.2) is 5.16 Å². The summed E-state index contributed by atoms with van der Waals surface area (Å²) in [5.41, 5.74) is 0.517. The predicted octanol–water partition coefficient (Wildman–Crippen LogP) is 2.01. The van der Waals surface area contributed by atoms with Crippen molar-refractivity contribution in [2.24, 2.45) is 0 Å². The number of hydrogen-bond acceptors (Lipinski definition) is 6. The highest BCUT2D eigenvalue weighted by Gasteiger charge is 2.08. The van der Waals surface area contributed by atoms with E-state index in [9.17, 15) is 9.59 Å². The van der Waals surface area contributed by atoms with Gasteiger partial charge in [-0.2, -0.15) is 0 Å². The third-order valence-electron chi connectivity index (χ3n) is 2.49. The number of rotatable bonds is 6. The highest BCUT2D eigenvalue weighted by atomic mass is 79.9. The van der Waals surface area contributed by atoms with Crippen LogP contribution in [0, 0.1) is 0 Å². The minimum atomic E-state index is -0.268. The summed E-state index contributed by atoms with van der Waals surface area (Å²) in [7, 11) is 0. The van der Waals surface area contributed by atoms with Gasteiger partial charge in [-0.15, -0.1) is 0 Å². The number of H-pyrrole nitrogens is 1. The van der Waals surface area contributed by atoms with Crippen molar-refractivity contribution >= 4 is 39.5 Å². The molecule has 0 unspecified atom stereocenters. The zero-order valence-corrected chi connectivity index (χ0v) is 14.2. The number of aromatic amines is 1. The molecule has 0 fully saturated rings. The average Bonchev–Trinajstić information content (AvgIpc) is 2.47. The number of nitrogens with one attached hydrogen (secondary N) is 2. The Hall–Kier alpha value is -1.74. The fourth-order valence-electron chi connectivity index (χ4n) is 1.61. The highest BCUT2D eigenvalue weighted by molar-refractivity contribution is 9.10. The Balaban J connectivity index is 1.93. The summed E-state index contributed by atoms with van der Waals surface area (Å²) in [5, 5.41) is 3.00. The Morgan fingerprint density at radius 3 is 2.82 bits per heavy atom. The number of aryl methyl sites for hydroxylation is 1.